The Balaban J connectivity index is 1.72. The van der Waals surface area contributed by atoms with Crippen LogP contribution in [0.2, 0.25) is 0 Å². The third-order valence-corrected chi connectivity index (χ3v) is 4.86. The second-order valence-electron chi connectivity index (χ2n) is 7.11. The first-order valence-electron chi connectivity index (χ1n) is 9.25. The average Bonchev–Trinajstić information content (AvgIpc) is 3.16. The maximum Gasteiger partial charge on any atom is 0.278 e. The number of hydrogen-bond donors (Lipinski definition) is 0. The fourth-order valence-corrected chi connectivity index (χ4v) is 3.10. The molecule has 0 N–H and O–H groups in total. The second-order valence-corrected chi connectivity index (χ2v) is 7.11. The maximum atomic E-state index is 13.0. The molecule has 0 spiro atoms. The van der Waals surface area contributed by atoms with Crippen LogP contribution in [-0.2, 0) is 0 Å². The van der Waals surface area contributed by atoms with E-state index in [1.165, 1.54) is 0 Å². The lowest BCUT2D eigenvalue weighted by Gasteiger charge is -2.17. The van der Waals surface area contributed by atoms with Gasteiger partial charge in [0.05, 0.1) is 30.0 Å². The van der Waals surface area contributed by atoms with Gasteiger partial charge in [0.2, 0.25) is 0 Å². The third kappa shape index (κ3) is 3.54. The number of pyridine rings is 1. The molecule has 7 nitrogen and oxygen atoms in total. The van der Waals surface area contributed by atoms with Crippen LogP contribution in [0, 0.1) is 6.92 Å². The van der Waals surface area contributed by atoms with E-state index in [1.807, 2.05) is 60.7 Å². The number of aryl methyl sites for hydroxylation is 1. The Bertz CT molecular complexity index is 1180. The summed E-state index contributed by atoms with van der Waals surface area (Å²) in [6, 6.07) is 11.9. The van der Waals surface area contributed by atoms with Crippen molar-refractivity contribution in [3.05, 3.63) is 72.6 Å². The van der Waals surface area contributed by atoms with Gasteiger partial charge in [0.15, 0.2) is 5.65 Å². The van der Waals surface area contributed by atoms with Gasteiger partial charge in [-0.15, -0.1) is 0 Å². The predicted molar refractivity (Wildman–Crippen MR) is 114 cm³/mol. The number of nitrogens with zero attached hydrogens (tertiary/aromatic N) is 6. The molecule has 0 fully saturated rings. The first kappa shape index (κ1) is 18.6. The highest BCUT2D eigenvalue weighted by Crippen LogP contribution is 2.25. The van der Waals surface area contributed by atoms with Gasteiger partial charge in [0.1, 0.15) is 5.69 Å². The van der Waals surface area contributed by atoms with E-state index >= 15 is 0 Å². The minimum absolute atomic E-state index is 0.209. The van der Waals surface area contributed by atoms with Crippen molar-refractivity contribution in [2.45, 2.75) is 6.92 Å². The standard InChI is InChI=1S/C22H22N6O/c1-15-8-9-18(11-23-15)27(4)22(29)19-14-28-20(12-25-21(28)13-24-19)16-6-5-7-17(10-16)26(2)3/h5-14H,1-4H3. The topological polar surface area (TPSA) is 66.6 Å². The molecule has 0 atom stereocenters. The molecule has 0 radical (unpaired) electrons. The van der Waals surface area contributed by atoms with Crippen LogP contribution in [0.5, 0.6) is 0 Å². The van der Waals surface area contributed by atoms with Gasteiger partial charge in [-0.1, -0.05) is 12.1 Å². The Morgan fingerprint density at radius 1 is 0.931 bits per heavy atom. The Morgan fingerprint density at radius 3 is 2.48 bits per heavy atom. The largest absolute Gasteiger partial charge is 0.378 e. The van der Waals surface area contributed by atoms with Crippen LogP contribution in [0.25, 0.3) is 16.9 Å². The molecule has 3 heterocycles. The molecule has 0 saturated carbocycles. The summed E-state index contributed by atoms with van der Waals surface area (Å²) in [5, 5.41) is 0. The minimum atomic E-state index is -0.209. The summed E-state index contributed by atoms with van der Waals surface area (Å²) in [6.07, 6.45) is 6.84. The van der Waals surface area contributed by atoms with Crippen LogP contribution >= 0.6 is 0 Å². The van der Waals surface area contributed by atoms with Gasteiger partial charge in [-0.3, -0.25) is 14.2 Å². The number of hydrogen-bond acceptors (Lipinski definition) is 5. The first-order chi connectivity index (χ1) is 13.9. The molecule has 1 aromatic carbocycles. The Kier molecular flexibility index (Phi) is 4.72. The SMILES string of the molecule is Cc1ccc(N(C)C(=O)c2cn3c(-c4cccc(N(C)C)c4)cnc3cn2)cn1. The van der Waals surface area contributed by atoms with Gasteiger partial charge in [-0.25, -0.2) is 9.97 Å². The van der Waals surface area contributed by atoms with E-state index in [0.717, 1.165) is 22.6 Å². The molecule has 7 heteroatoms. The van der Waals surface area contributed by atoms with Gasteiger partial charge in [0, 0.05) is 44.3 Å². The van der Waals surface area contributed by atoms with Crippen molar-refractivity contribution < 1.29 is 4.79 Å². The number of imidazole rings is 1. The molecule has 1 amide bonds. The lowest BCUT2D eigenvalue weighted by Crippen LogP contribution is -2.27. The zero-order valence-electron chi connectivity index (χ0n) is 16.9. The summed E-state index contributed by atoms with van der Waals surface area (Å²) in [6.45, 7) is 1.91. The highest BCUT2D eigenvalue weighted by Gasteiger charge is 2.17. The van der Waals surface area contributed by atoms with E-state index in [2.05, 4.69) is 21.0 Å². The maximum absolute atomic E-state index is 13.0. The van der Waals surface area contributed by atoms with Crippen molar-refractivity contribution in [3.8, 4) is 11.3 Å². The molecule has 0 aliphatic rings. The van der Waals surface area contributed by atoms with Crippen molar-refractivity contribution in [3.63, 3.8) is 0 Å². The number of fused-ring (bicyclic) bond motifs is 1. The van der Waals surface area contributed by atoms with E-state index in [1.54, 1.807) is 36.7 Å². The quantitative estimate of drug-likeness (QED) is 0.537. The van der Waals surface area contributed by atoms with Crippen LogP contribution in [0.15, 0.2) is 61.2 Å². The summed E-state index contributed by atoms with van der Waals surface area (Å²) in [5.41, 5.74) is 5.65. The van der Waals surface area contributed by atoms with Crippen molar-refractivity contribution in [1.82, 2.24) is 19.4 Å². The monoisotopic (exact) mass is 386 g/mol. The number of amides is 1. The zero-order valence-corrected chi connectivity index (χ0v) is 16.9. The fourth-order valence-electron chi connectivity index (χ4n) is 3.10. The molecule has 4 aromatic rings. The van der Waals surface area contributed by atoms with Crippen LogP contribution in [-0.4, -0.2) is 46.4 Å². The molecule has 0 saturated heterocycles. The van der Waals surface area contributed by atoms with E-state index in [4.69, 9.17) is 0 Å². The van der Waals surface area contributed by atoms with E-state index in [-0.39, 0.29) is 5.91 Å². The molecule has 29 heavy (non-hydrogen) atoms. The van der Waals surface area contributed by atoms with Crippen molar-refractivity contribution in [2.24, 2.45) is 0 Å². The summed E-state index contributed by atoms with van der Waals surface area (Å²) < 4.78 is 1.90. The van der Waals surface area contributed by atoms with Crippen LogP contribution in [0.3, 0.4) is 0 Å². The predicted octanol–water partition coefficient (Wildman–Crippen LogP) is 3.44. The van der Waals surface area contributed by atoms with Crippen molar-refractivity contribution >= 4 is 22.9 Å². The molecule has 146 valence electrons. The van der Waals surface area contributed by atoms with Gasteiger partial charge in [-0.05, 0) is 31.2 Å². The van der Waals surface area contributed by atoms with Crippen LogP contribution in [0.4, 0.5) is 11.4 Å². The molecule has 0 aliphatic heterocycles. The third-order valence-electron chi connectivity index (χ3n) is 4.86. The van der Waals surface area contributed by atoms with Crippen molar-refractivity contribution in [2.75, 3.05) is 30.9 Å². The summed E-state index contributed by atoms with van der Waals surface area (Å²) in [4.78, 5) is 29.6. The minimum Gasteiger partial charge on any atom is -0.378 e. The molecule has 3 aromatic heterocycles. The Morgan fingerprint density at radius 2 is 1.76 bits per heavy atom. The molecule has 0 unspecified atom stereocenters. The lowest BCUT2D eigenvalue weighted by molar-refractivity contribution is 0.0987. The number of anilines is 2. The van der Waals surface area contributed by atoms with E-state index in [9.17, 15) is 4.79 Å². The molecule has 0 aliphatic carbocycles. The number of aromatic nitrogens is 4. The Hall–Kier alpha value is -3.74. The molecule has 4 rings (SSSR count). The highest BCUT2D eigenvalue weighted by molar-refractivity contribution is 6.04. The van der Waals surface area contributed by atoms with Gasteiger partial charge >= 0.3 is 0 Å². The summed E-state index contributed by atoms with van der Waals surface area (Å²) in [5.74, 6) is -0.209. The summed E-state index contributed by atoms with van der Waals surface area (Å²) in [7, 11) is 5.73. The number of rotatable bonds is 4. The van der Waals surface area contributed by atoms with E-state index < -0.39 is 0 Å². The van der Waals surface area contributed by atoms with Gasteiger partial charge in [0.25, 0.3) is 5.91 Å². The first-order valence-corrected chi connectivity index (χ1v) is 9.25. The molecule has 0 bridgehead atoms. The summed E-state index contributed by atoms with van der Waals surface area (Å²) >= 11 is 0. The zero-order chi connectivity index (χ0) is 20.5. The molecular weight excluding hydrogens is 364 g/mol. The fraction of sp³-hybridized carbons (Fsp3) is 0.182. The number of carbonyl (C=O) groups excluding carboxylic acids is 1. The number of benzene rings is 1. The highest BCUT2D eigenvalue weighted by atomic mass is 16.2. The van der Waals surface area contributed by atoms with Gasteiger partial charge < -0.3 is 9.80 Å². The van der Waals surface area contributed by atoms with Crippen LogP contribution in [0.1, 0.15) is 16.2 Å². The average molecular weight is 386 g/mol. The molecular formula is C22H22N6O. The normalized spacial score (nSPS) is 10.9. The smallest absolute Gasteiger partial charge is 0.278 e. The van der Waals surface area contributed by atoms with E-state index in [0.29, 0.717) is 17.0 Å². The van der Waals surface area contributed by atoms with Gasteiger partial charge in [-0.2, -0.15) is 0 Å². The Labute approximate surface area is 169 Å². The lowest BCUT2D eigenvalue weighted by atomic mass is 10.1. The second kappa shape index (κ2) is 7.35. The number of carbonyl (C=O) groups is 1. The van der Waals surface area contributed by atoms with Crippen molar-refractivity contribution in [1.29, 1.82) is 0 Å². The van der Waals surface area contributed by atoms with Crippen LogP contribution < -0.4 is 9.80 Å².